The van der Waals surface area contributed by atoms with E-state index in [0.717, 1.165) is 10.0 Å². The van der Waals surface area contributed by atoms with E-state index >= 15 is 0 Å². The number of nitrogens with zero attached hydrogens (tertiary/aromatic N) is 1. The van der Waals surface area contributed by atoms with Crippen LogP contribution in [-0.4, -0.2) is 26.1 Å². The van der Waals surface area contributed by atoms with Crippen molar-refractivity contribution < 1.29 is 17.6 Å². The van der Waals surface area contributed by atoms with Crippen molar-refractivity contribution in [1.82, 2.24) is 4.98 Å². The highest BCUT2D eigenvalue weighted by atomic mass is 79.9. The third-order valence-corrected chi connectivity index (χ3v) is 6.87. The summed E-state index contributed by atoms with van der Waals surface area (Å²) in [6.45, 7) is 3.91. The summed E-state index contributed by atoms with van der Waals surface area (Å²) in [7, 11) is -3.86. The summed E-state index contributed by atoms with van der Waals surface area (Å²) in [5.74, 6) is -0.110. The number of oxazole rings is 1. The molecule has 0 spiro atoms. The fourth-order valence-corrected chi connectivity index (χ4v) is 4.85. The number of ether oxygens (including phenoxy) is 1. The lowest BCUT2D eigenvalue weighted by atomic mass is 10.2. The minimum absolute atomic E-state index is 0.0458. The Hall–Kier alpha value is -2.26. The standard InChI is InChI=1S/C17H15BrN2O5S/c1-9-5-16-14(7-12(9)18)20(8-10(2)24-16)26(22,23)11-3-4-13-15(6-11)25-17(21)19-13/h3-7,10H,8H2,1-2H3,(H,19,21)/t10-/m0/s1. The maximum absolute atomic E-state index is 13.3. The van der Waals surface area contributed by atoms with Gasteiger partial charge in [0.2, 0.25) is 0 Å². The van der Waals surface area contributed by atoms with E-state index in [1.165, 1.54) is 22.5 Å². The van der Waals surface area contributed by atoms with Gasteiger partial charge in [-0.15, -0.1) is 0 Å². The molecule has 0 fully saturated rings. The molecule has 3 aromatic rings. The molecule has 1 aliphatic rings. The molecule has 0 aliphatic carbocycles. The second-order valence-corrected chi connectivity index (χ2v) is 8.92. The predicted molar refractivity (Wildman–Crippen MR) is 100 cm³/mol. The highest BCUT2D eigenvalue weighted by Crippen LogP contribution is 2.40. The number of aryl methyl sites for hydroxylation is 1. The third kappa shape index (κ3) is 2.71. The molecule has 2 aromatic carbocycles. The van der Waals surface area contributed by atoms with Gasteiger partial charge in [-0.05, 0) is 43.7 Å². The monoisotopic (exact) mass is 438 g/mol. The molecule has 0 radical (unpaired) electrons. The smallest absolute Gasteiger partial charge is 0.417 e. The number of benzene rings is 2. The van der Waals surface area contributed by atoms with Gasteiger partial charge in [0, 0.05) is 10.5 Å². The minimum Gasteiger partial charge on any atom is -0.487 e. The number of aromatic amines is 1. The normalized spacial score (nSPS) is 17.2. The van der Waals surface area contributed by atoms with Crippen LogP contribution < -0.4 is 14.8 Å². The summed E-state index contributed by atoms with van der Waals surface area (Å²) in [6.07, 6.45) is -0.299. The van der Waals surface area contributed by atoms with Gasteiger partial charge in [-0.2, -0.15) is 0 Å². The van der Waals surface area contributed by atoms with E-state index in [-0.39, 0.29) is 23.1 Å². The van der Waals surface area contributed by atoms with Crippen LogP contribution in [0.25, 0.3) is 11.1 Å². The quantitative estimate of drug-likeness (QED) is 0.662. The molecule has 1 atom stereocenters. The summed E-state index contributed by atoms with van der Waals surface area (Å²) >= 11 is 3.44. The van der Waals surface area contributed by atoms with Gasteiger partial charge in [0.25, 0.3) is 10.0 Å². The Bertz CT molecular complexity index is 1180. The van der Waals surface area contributed by atoms with Gasteiger partial charge in [0.05, 0.1) is 22.6 Å². The molecule has 0 saturated carbocycles. The van der Waals surface area contributed by atoms with Crippen molar-refractivity contribution in [2.24, 2.45) is 0 Å². The van der Waals surface area contributed by atoms with Crippen LogP contribution in [0.1, 0.15) is 12.5 Å². The first-order valence-corrected chi connectivity index (χ1v) is 10.1. The Morgan fingerprint density at radius 1 is 1.27 bits per heavy atom. The zero-order chi connectivity index (χ0) is 18.6. The molecule has 2 heterocycles. The zero-order valence-corrected chi connectivity index (χ0v) is 16.3. The lowest BCUT2D eigenvalue weighted by Gasteiger charge is -2.34. The first-order valence-electron chi connectivity index (χ1n) is 7.88. The van der Waals surface area contributed by atoms with Crippen LogP contribution in [0.15, 0.2) is 48.9 Å². The highest BCUT2D eigenvalue weighted by Gasteiger charge is 2.33. The Morgan fingerprint density at radius 2 is 2.04 bits per heavy atom. The first kappa shape index (κ1) is 17.2. The van der Waals surface area contributed by atoms with Crippen molar-refractivity contribution in [3.8, 4) is 5.75 Å². The van der Waals surface area contributed by atoms with Crippen molar-refractivity contribution in [3.05, 3.63) is 50.9 Å². The molecule has 9 heteroatoms. The molecule has 4 rings (SSSR count). The zero-order valence-electron chi connectivity index (χ0n) is 13.9. The van der Waals surface area contributed by atoms with Gasteiger partial charge in [0.15, 0.2) is 5.58 Å². The summed E-state index contributed by atoms with van der Waals surface area (Å²) in [6, 6.07) is 7.87. The average Bonchev–Trinajstić information content (AvgIpc) is 2.94. The molecule has 0 saturated heterocycles. The summed E-state index contributed by atoms with van der Waals surface area (Å²) in [5.41, 5.74) is 2.06. The van der Waals surface area contributed by atoms with E-state index in [0.29, 0.717) is 17.0 Å². The second-order valence-electron chi connectivity index (χ2n) is 6.21. The van der Waals surface area contributed by atoms with E-state index < -0.39 is 15.8 Å². The van der Waals surface area contributed by atoms with Gasteiger partial charge in [-0.3, -0.25) is 9.29 Å². The number of nitrogens with one attached hydrogen (secondary N) is 1. The Balaban J connectivity index is 1.87. The summed E-state index contributed by atoms with van der Waals surface area (Å²) < 4.78 is 39.5. The van der Waals surface area contributed by atoms with E-state index in [4.69, 9.17) is 9.15 Å². The van der Waals surface area contributed by atoms with Crippen LogP contribution in [0.3, 0.4) is 0 Å². The van der Waals surface area contributed by atoms with Crippen LogP contribution in [0.5, 0.6) is 5.75 Å². The van der Waals surface area contributed by atoms with Crippen LogP contribution in [-0.2, 0) is 10.0 Å². The molecule has 0 bridgehead atoms. The molecule has 26 heavy (non-hydrogen) atoms. The number of sulfonamides is 1. The Morgan fingerprint density at radius 3 is 2.81 bits per heavy atom. The molecule has 1 N–H and O–H groups in total. The number of rotatable bonds is 2. The van der Waals surface area contributed by atoms with Gasteiger partial charge >= 0.3 is 5.76 Å². The average molecular weight is 439 g/mol. The van der Waals surface area contributed by atoms with Gasteiger partial charge < -0.3 is 9.15 Å². The van der Waals surface area contributed by atoms with Crippen LogP contribution in [0, 0.1) is 6.92 Å². The fraction of sp³-hybridized carbons (Fsp3) is 0.235. The summed E-state index contributed by atoms with van der Waals surface area (Å²) in [5, 5.41) is 0. The molecule has 7 nitrogen and oxygen atoms in total. The van der Waals surface area contributed by atoms with Crippen LogP contribution in [0.4, 0.5) is 5.69 Å². The van der Waals surface area contributed by atoms with Crippen molar-refractivity contribution in [1.29, 1.82) is 0 Å². The minimum atomic E-state index is -3.86. The third-order valence-electron chi connectivity index (χ3n) is 4.24. The van der Waals surface area contributed by atoms with Crippen LogP contribution in [0.2, 0.25) is 0 Å². The number of halogens is 1. The SMILES string of the molecule is Cc1cc2c(cc1Br)N(S(=O)(=O)c1ccc3[nH]c(=O)oc3c1)C[C@H](C)O2. The van der Waals surface area contributed by atoms with Crippen molar-refractivity contribution >= 4 is 42.7 Å². The predicted octanol–water partition coefficient (Wildman–Crippen LogP) is 3.17. The topological polar surface area (TPSA) is 92.6 Å². The van der Waals surface area contributed by atoms with Gasteiger partial charge in [0.1, 0.15) is 11.9 Å². The molecule has 136 valence electrons. The number of hydrogen-bond donors (Lipinski definition) is 1. The largest absolute Gasteiger partial charge is 0.487 e. The van der Waals surface area contributed by atoms with E-state index in [2.05, 4.69) is 20.9 Å². The van der Waals surface area contributed by atoms with Crippen molar-refractivity contribution in [3.63, 3.8) is 0 Å². The molecular formula is C17H15BrN2O5S. The van der Waals surface area contributed by atoms with Crippen LogP contribution >= 0.6 is 15.9 Å². The fourth-order valence-electron chi connectivity index (χ4n) is 2.96. The maximum Gasteiger partial charge on any atom is 0.417 e. The molecule has 1 aliphatic heterocycles. The summed E-state index contributed by atoms with van der Waals surface area (Å²) in [4.78, 5) is 13.9. The van der Waals surface area contributed by atoms with Crippen molar-refractivity contribution in [2.45, 2.75) is 24.8 Å². The number of aromatic nitrogens is 1. The number of H-pyrrole nitrogens is 1. The lowest BCUT2D eigenvalue weighted by Crippen LogP contribution is -2.42. The van der Waals surface area contributed by atoms with E-state index in [1.807, 2.05) is 19.9 Å². The first-order chi connectivity index (χ1) is 12.3. The highest BCUT2D eigenvalue weighted by molar-refractivity contribution is 9.10. The Kier molecular flexibility index (Phi) is 3.89. The van der Waals surface area contributed by atoms with E-state index in [1.54, 1.807) is 6.07 Å². The number of hydrogen-bond acceptors (Lipinski definition) is 5. The molecule has 0 amide bonds. The molecule has 1 aromatic heterocycles. The Labute approximate surface area is 157 Å². The molecule has 0 unspecified atom stereocenters. The number of anilines is 1. The van der Waals surface area contributed by atoms with E-state index in [9.17, 15) is 13.2 Å². The maximum atomic E-state index is 13.3. The van der Waals surface area contributed by atoms with Gasteiger partial charge in [-0.25, -0.2) is 13.2 Å². The van der Waals surface area contributed by atoms with Crippen molar-refractivity contribution in [2.75, 3.05) is 10.8 Å². The van der Waals surface area contributed by atoms with Gasteiger partial charge in [-0.1, -0.05) is 15.9 Å². The lowest BCUT2D eigenvalue weighted by molar-refractivity contribution is 0.219. The number of fused-ring (bicyclic) bond motifs is 2. The second kappa shape index (κ2) is 5.88. The molecular weight excluding hydrogens is 424 g/mol.